The Morgan fingerprint density at radius 3 is 2.39 bits per heavy atom. The van der Waals surface area contributed by atoms with Gasteiger partial charge in [0.1, 0.15) is 0 Å². The summed E-state index contributed by atoms with van der Waals surface area (Å²) in [5.41, 5.74) is 2.78. The van der Waals surface area contributed by atoms with E-state index in [1.54, 1.807) is 0 Å². The normalized spacial score (nSPS) is 23.6. The van der Waals surface area contributed by atoms with Crippen LogP contribution < -0.4 is 5.43 Å². The molecule has 0 saturated carbocycles. The average Bonchev–Trinajstić information content (AvgIpc) is 2.73. The third kappa shape index (κ3) is 9.28. The summed E-state index contributed by atoms with van der Waals surface area (Å²) in [5.74, 6) is 1.55. The molecule has 0 radical (unpaired) electrons. The first-order chi connectivity index (χ1) is 10.9. The molecule has 138 valence electrons. The van der Waals surface area contributed by atoms with Crippen LogP contribution in [0.4, 0.5) is 0 Å². The number of hydrogen-bond acceptors (Lipinski definition) is 4. The van der Waals surface area contributed by atoms with Gasteiger partial charge < -0.3 is 9.64 Å². The van der Waals surface area contributed by atoms with Crippen LogP contribution in [0.5, 0.6) is 0 Å². The van der Waals surface area contributed by atoms with E-state index in [9.17, 15) is 4.79 Å². The van der Waals surface area contributed by atoms with Crippen LogP contribution in [0.2, 0.25) is 0 Å². The summed E-state index contributed by atoms with van der Waals surface area (Å²) in [4.78, 5) is 13.2. The van der Waals surface area contributed by atoms with Crippen LogP contribution in [-0.2, 0) is 9.53 Å². The second-order valence-corrected chi connectivity index (χ2v) is 7.63. The second-order valence-electron chi connectivity index (χ2n) is 7.63. The van der Waals surface area contributed by atoms with Gasteiger partial charge in [0.25, 0.3) is 0 Å². The topological polar surface area (TPSA) is 44.8 Å². The Kier molecular flexibility index (Phi) is 9.75. The van der Waals surface area contributed by atoms with Crippen molar-refractivity contribution in [1.82, 2.24) is 15.3 Å². The van der Waals surface area contributed by atoms with Crippen LogP contribution >= 0.6 is 0 Å². The minimum atomic E-state index is 0. The Bertz CT molecular complexity index is 340. The first-order valence-electron chi connectivity index (χ1n) is 9.20. The Morgan fingerprint density at radius 2 is 1.87 bits per heavy atom. The highest BCUT2D eigenvalue weighted by atomic mass is 16.5. The molecule has 0 unspecified atom stereocenters. The summed E-state index contributed by atoms with van der Waals surface area (Å²) in [6.07, 6.45) is 5.04. The second kappa shape index (κ2) is 11.0. The fourth-order valence-corrected chi connectivity index (χ4v) is 3.15. The number of carbonyl (C=O) groups is 1. The zero-order valence-electron chi connectivity index (χ0n) is 15.8. The molecule has 23 heavy (non-hydrogen) atoms. The minimum absolute atomic E-state index is 0. The van der Waals surface area contributed by atoms with Crippen molar-refractivity contribution in [3.8, 4) is 0 Å². The van der Waals surface area contributed by atoms with Crippen molar-refractivity contribution in [1.29, 1.82) is 0 Å². The minimum Gasteiger partial charge on any atom is -0.380 e. The molecule has 0 spiro atoms. The molecule has 5 nitrogen and oxygen atoms in total. The number of nitrogens with one attached hydrogen (secondary N) is 1. The van der Waals surface area contributed by atoms with E-state index in [4.69, 9.17) is 4.74 Å². The number of hydrazine groups is 1. The summed E-state index contributed by atoms with van der Waals surface area (Å²) < 4.78 is 5.44. The number of amides is 1. The van der Waals surface area contributed by atoms with E-state index in [2.05, 4.69) is 38.0 Å². The van der Waals surface area contributed by atoms with Crippen LogP contribution in [0.15, 0.2) is 0 Å². The maximum atomic E-state index is 10.7. The van der Waals surface area contributed by atoms with Crippen molar-refractivity contribution >= 4 is 5.91 Å². The average molecular weight is 330 g/mol. The van der Waals surface area contributed by atoms with E-state index in [0.29, 0.717) is 18.4 Å². The monoisotopic (exact) mass is 329 g/mol. The summed E-state index contributed by atoms with van der Waals surface area (Å²) in [6, 6.07) is 0. The van der Waals surface area contributed by atoms with E-state index in [-0.39, 0.29) is 7.33 Å². The van der Waals surface area contributed by atoms with E-state index >= 15 is 0 Å². The SMILES string of the molecule is CC(C)CN1CCC(=O)N1.CO[C@H]1CCCCN(CC(C)C)C1.[HH]. The largest absolute Gasteiger partial charge is 0.380 e. The van der Waals surface area contributed by atoms with Gasteiger partial charge in [0.2, 0.25) is 5.91 Å². The van der Waals surface area contributed by atoms with Gasteiger partial charge in [0.05, 0.1) is 6.10 Å². The zero-order valence-corrected chi connectivity index (χ0v) is 15.8. The maximum Gasteiger partial charge on any atom is 0.235 e. The van der Waals surface area contributed by atoms with Crippen molar-refractivity contribution < 1.29 is 11.0 Å². The number of methoxy groups -OCH3 is 1. The molecule has 1 amide bonds. The molecule has 0 aliphatic carbocycles. The lowest BCUT2D eigenvalue weighted by Crippen LogP contribution is -2.35. The Hall–Kier alpha value is -0.650. The fourth-order valence-electron chi connectivity index (χ4n) is 3.15. The Labute approximate surface area is 144 Å². The predicted molar refractivity (Wildman–Crippen MR) is 97.2 cm³/mol. The fraction of sp³-hybridized carbons (Fsp3) is 0.944. The smallest absolute Gasteiger partial charge is 0.235 e. The van der Waals surface area contributed by atoms with Crippen molar-refractivity contribution in [2.75, 3.05) is 39.8 Å². The van der Waals surface area contributed by atoms with Crippen LogP contribution in [0.25, 0.3) is 0 Å². The number of carbonyl (C=O) groups excluding carboxylic acids is 1. The van der Waals surface area contributed by atoms with Crippen LogP contribution in [0, 0.1) is 11.8 Å². The van der Waals surface area contributed by atoms with Crippen molar-refractivity contribution in [2.45, 2.75) is 59.5 Å². The molecule has 2 saturated heterocycles. The molecule has 0 aromatic carbocycles. The van der Waals surface area contributed by atoms with Gasteiger partial charge in [-0.3, -0.25) is 10.2 Å². The molecule has 2 aliphatic rings. The quantitative estimate of drug-likeness (QED) is 0.842. The number of ether oxygens (including phenoxy) is 1. The van der Waals surface area contributed by atoms with Gasteiger partial charge in [-0.15, -0.1) is 0 Å². The molecular weight excluding hydrogens is 290 g/mol. The van der Waals surface area contributed by atoms with Crippen LogP contribution in [0.1, 0.15) is 54.8 Å². The van der Waals surface area contributed by atoms with Crippen molar-refractivity contribution in [3.05, 3.63) is 0 Å². The van der Waals surface area contributed by atoms with Gasteiger partial charge in [-0.05, 0) is 37.6 Å². The molecule has 1 N–H and O–H groups in total. The summed E-state index contributed by atoms with van der Waals surface area (Å²) in [5, 5.41) is 1.98. The molecule has 2 rings (SSSR count). The lowest BCUT2D eigenvalue weighted by molar-refractivity contribution is -0.121. The number of rotatable bonds is 5. The summed E-state index contributed by atoms with van der Waals surface area (Å²) in [7, 11) is 1.84. The predicted octanol–water partition coefficient (Wildman–Crippen LogP) is 2.77. The molecular formula is C18H39N3O2. The van der Waals surface area contributed by atoms with E-state index in [1.807, 2.05) is 12.1 Å². The molecule has 0 aromatic heterocycles. The summed E-state index contributed by atoms with van der Waals surface area (Å²) >= 11 is 0. The van der Waals surface area contributed by atoms with E-state index in [1.165, 1.54) is 32.4 Å². The van der Waals surface area contributed by atoms with E-state index < -0.39 is 0 Å². The van der Waals surface area contributed by atoms with Gasteiger partial charge in [-0.1, -0.05) is 27.7 Å². The maximum absolute atomic E-state index is 10.7. The summed E-state index contributed by atoms with van der Waals surface area (Å²) in [6.45, 7) is 14.3. The van der Waals surface area contributed by atoms with Gasteiger partial charge in [0, 0.05) is 41.1 Å². The Balaban J connectivity index is 0.000000436. The molecule has 2 fully saturated rings. The van der Waals surface area contributed by atoms with Crippen molar-refractivity contribution in [2.24, 2.45) is 11.8 Å². The number of nitrogens with zero attached hydrogens (tertiary/aromatic N) is 2. The zero-order chi connectivity index (χ0) is 17.2. The van der Waals surface area contributed by atoms with E-state index in [0.717, 1.165) is 25.6 Å². The third-order valence-corrected chi connectivity index (χ3v) is 4.15. The lowest BCUT2D eigenvalue weighted by Gasteiger charge is -2.24. The molecule has 2 aliphatic heterocycles. The highest BCUT2D eigenvalue weighted by molar-refractivity contribution is 5.77. The first kappa shape index (κ1) is 20.4. The van der Waals surface area contributed by atoms with Crippen LogP contribution in [0.3, 0.4) is 0 Å². The van der Waals surface area contributed by atoms with Gasteiger partial charge >= 0.3 is 0 Å². The molecule has 1 atom stereocenters. The standard InChI is InChI=1S/C11H23NO.C7H14N2O.H2/c1-10(2)8-12-7-5-4-6-11(9-12)13-3;1-6(2)5-9-4-3-7(10)8-9;/h10-11H,4-9H2,1-3H3;6H,3-5H2,1-2H3,(H,8,10);1H/t11-;;/m0../s1. The third-order valence-electron chi connectivity index (χ3n) is 4.15. The molecule has 2 heterocycles. The van der Waals surface area contributed by atoms with Gasteiger partial charge in [-0.25, -0.2) is 5.01 Å². The van der Waals surface area contributed by atoms with Gasteiger partial charge in [-0.2, -0.15) is 0 Å². The lowest BCUT2D eigenvalue weighted by atomic mass is 10.2. The number of likely N-dealkylation sites (tertiary alicyclic amines) is 1. The van der Waals surface area contributed by atoms with Gasteiger partial charge in [0.15, 0.2) is 0 Å². The Morgan fingerprint density at radius 1 is 1.17 bits per heavy atom. The number of hydrogen-bond donors (Lipinski definition) is 1. The van der Waals surface area contributed by atoms with Crippen molar-refractivity contribution in [3.63, 3.8) is 0 Å². The highest BCUT2D eigenvalue weighted by Crippen LogP contribution is 2.13. The first-order valence-corrected chi connectivity index (χ1v) is 9.20. The molecule has 5 heteroatoms. The van der Waals surface area contributed by atoms with Crippen LogP contribution in [-0.4, -0.2) is 61.8 Å². The molecule has 0 bridgehead atoms. The highest BCUT2D eigenvalue weighted by Gasteiger charge is 2.18. The molecule has 0 aromatic rings.